The Hall–Kier alpha value is -3.64. The Balaban J connectivity index is 1.17. The maximum absolute atomic E-state index is 12.8. The van der Waals surface area contributed by atoms with Gasteiger partial charge in [0.15, 0.2) is 0 Å². The Bertz CT molecular complexity index is 1140. The van der Waals surface area contributed by atoms with E-state index in [4.69, 9.17) is 4.74 Å². The van der Waals surface area contributed by atoms with Crippen molar-refractivity contribution in [2.24, 2.45) is 0 Å². The molecule has 0 aromatic heterocycles. The zero-order chi connectivity index (χ0) is 23.3. The molecule has 174 valence electrons. The fourth-order valence-electron chi connectivity index (χ4n) is 3.89. The van der Waals surface area contributed by atoms with Crippen molar-refractivity contribution in [1.29, 1.82) is 0 Å². The average molecular weight is 456 g/mol. The van der Waals surface area contributed by atoms with Crippen LogP contribution in [0.15, 0.2) is 78.9 Å². The maximum atomic E-state index is 12.8. The van der Waals surface area contributed by atoms with E-state index in [0.29, 0.717) is 42.2 Å². The average Bonchev–Trinajstić information content (AvgIpc) is 3.75. The zero-order valence-corrected chi connectivity index (χ0v) is 19.1. The molecule has 0 unspecified atom stereocenters. The summed E-state index contributed by atoms with van der Waals surface area (Å²) < 4.78 is 5.87. The van der Waals surface area contributed by atoms with Gasteiger partial charge < -0.3 is 15.4 Å². The van der Waals surface area contributed by atoms with Crippen molar-refractivity contribution in [3.8, 4) is 11.5 Å². The second kappa shape index (κ2) is 10.1. The largest absolute Gasteiger partial charge is 0.457 e. The van der Waals surface area contributed by atoms with E-state index < -0.39 is 0 Å². The van der Waals surface area contributed by atoms with E-state index in [-0.39, 0.29) is 11.8 Å². The minimum Gasteiger partial charge on any atom is -0.457 e. The molecule has 2 aliphatic carbocycles. The number of hydrogen-bond acceptors (Lipinski definition) is 4. The molecule has 2 amide bonds. The van der Waals surface area contributed by atoms with Gasteiger partial charge in [-0.1, -0.05) is 36.4 Å². The van der Waals surface area contributed by atoms with Crippen LogP contribution in [0.5, 0.6) is 11.5 Å². The molecule has 0 aliphatic heterocycles. The van der Waals surface area contributed by atoms with Crippen LogP contribution in [0.4, 0.5) is 5.69 Å². The number of nitrogens with zero attached hydrogens (tertiary/aromatic N) is 1. The molecule has 0 atom stereocenters. The van der Waals surface area contributed by atoms with Gasteiger partial charge in [0.1, 0.15) is 11.5 Å². The van der Waals surface area contributed by atoms with Crippen LogP contribution in [0.1, 0.15) is 41.6 Å². The third kappa shape index (κ3) is 6.23. The van der Waals surface area contributed by atoms with Gasteiger partial charge in [0.25, 0.3) is 5.91 Å². The van der Waals surface area contributed by atoms with Crippen LogP contribution in [0.2, 0.25) is 0 Å². The lowest BCUT2D eigenvalue weighted by Crippen LogP contribution is -2.34. The smallest absolute Gasteiger partial charge is 0.251 e. The molecule has 0 radical (unpaired) electrons. The number of rotatable bonds is 10. The molecule has 0 saturated heterocycles. The highest BCUT2D eigenvalue weighted by molar-refractivity contribution is 5.94. The molecule has 0 bridgehead atoms. The molecule has 0 spiro atoms. The number of carbonyl (C=O) groups excluding carboxylic acids is 2. The summed E-state index contributed by atoms with van der Waals surface area (Å²) in [5.41, 5.74) is 2.49. The van der Waals surface area contributed by atoms with Gasteiger partial charge in [0, 0.05) is 35.9 Å². The van der Waals surface area contributed by atoms with Gasteiger partial charge in [-0.2, -0.15) is 0 Å². The summed E-state index contributed by atoms with van der Waals surface area (Å²) >= 11 is 0. The second-order valence-corrected chi connectivity index (χ2v) is 9.07. The minimum atomic E-state index is -0.0517. The van der Waals surface area contributed by atoms with Crippen molar-refractivity contribution in [2.75, 3.05) is 11.9 Å². The lowest BCUT2D eigenvalue weighted by Gasteiger charge is -2.21. The summed E-state index contributed by atoms with van der Waals surface area (Å²) in [4.78, 5) is 27.2. The summed E-state index contributed by atoms with van der Waals surface area (Å²) in [6.07, 6.45) is 4.37. The molecule has 3 aromatic rings. The van der Waals surface area contributed by atoms with Gasteiger partial charge >= 0.3 is 0 Å². The van der Waals surface area contributed by atoms with Gasteiger partial charge in [-0.3, -0.25) is 14.5 Å². The summed E-state index contributed by atoms with van der Waals surface area (Å²) in [5.74, 6) is 1.37. The Kier molecular flexibility index (Phi) is 6.58. The van der Waals surface area contributed by atoms with Crippen molar-refractivity contribution in [1.82, 2.24) is 10.2 Å². The summed E-state index contributed by atoms with van der Waals surface area (Å²) in [6, 6.07) is 25.5. The number of hydrogen-bond donors (Lipinski definition) is 2. The number of ether oxygens (including phenoxy) is 1. The van der Waals surface area contributed by atoms with Crippen LogP contribution in [-0.4, -0.2) is 35.3 Å². The Labute approximate surface area is 199 Å². The molecular weight excluding hydrogens is 426 g/mol. The molecule has 2 fully saturated rings. The van der Waals surface area contributed by atoms with Crippen molar-refractivity contribution < 1.29 is 14.3 Å². The molecule has 6 nitrogen and oxygen atoms in total. The standard InChI is InChI=1S/C28H29N3O3/c32-27(29-23-5-4-8-26(17-23)34-25-6-2-1-3-7-25)19-31(24-15-16-24)18-20-9-11-21(12-10-20)28(33)30-22-13-14-22/h1-12,17,22,24H,13-16,18-19H2,(H,29,32)(H,30,33). The molecule has 2 aliphatic rings. The Morgan fingerprint density at radius 3 is 2.29 bits per heavy atom. The van der Waals surface area contributed by atoms with Crippen molar-refractivity contribution in [3.05, 3.63) is 90.0 Å². The van der Waals surface area contributed by atoms with E-state index >= 15 is 0 Å². The number of amides is 2. The van der Waals surface area contributed by atoms with Crippen LogP contribution >= 0.6 is 0 Å². The van der Waals surface area contributed by atoms with Crippen LogP contribution in [0.25, 0.3) is 0 Å². The first-order valence-corrected chi connectivity index (χ1v) is 11.9. The first kappa shape index (κ1) is 22.2. The normalized spacial score (nSPS) is 15.1. The highest BCUT2D eigenvalue weighted by atomic mass is 16.5. The highest BCUT2D eigenvalue weighted by Crippen LogP contribution is 2.29. The van der Waals surface area contributed by atoms with E-state index in [0.717, 1.165) is 37.0 Å². The quantitative estimate of drug-likeness (QED) is 0.453. The summed E-state index contributed by atoms with van der Waals surface area (Å²) in [5, 5.41) is 6.02. The number of carbonyl (C=O) groups is 2. The van der Waals surface area contributed by atoms with Crippen molar-refractivity contribution in [3.63, 3.8) is 0 Å². The lowest BCUT2D eigenvalue weighted by molar-refractivity contribution is -0.117. The number of para-hydroxylation sites is 1. The molecular formula is C28H29N3O3. The molecule has 2 saturated carbocycles. The van der Waals surface area contributed by atoms with Gasteiger partial charge in [0.05, 0.1) is 6.54 Å². The topological polar surface area (TPSA) is 70.7 Å². The fourth-order valence-corrected chi connectivity index (χ4v) is 3.89. The minimum absolute atomic E-state index is 0.00838. The maximum Gasteiger partial charge on any atom is 0.251 e. The Morgan fingerprint density at radius 2 is 1.59 bits per heavy atom. The number of benzene rings is 3. The number of nitrogens with one attached hydrogen (secondary N) is 2. The molecule has 5 rings (SSSR count). The van der Waals surface area contributed by atoms with E-state index in [2.05, 4.69) is 15.5 Å². The predicted octanol–water partition coefficient (Wildman–Crippen LogP) is 4.97. The van der Waals surface area contributed by atoms with Crippen molar-refractivity contribution in [2.45, 2.75) is 44.3 Å². The fraction of sp³-hybridized carbons (Fsp3) is 0.286. The first-order valence-electron chi connectivity index (χ1n) is 11.9. The summed E-state index contributed by atoms with van der Waals surface area (Å²) in [6.45, 7) is 0.998. The van der Waals surface area contributed by atoms with Crippen LogP contribution in [0.3, 0.4) is 0 Å². The monoisotopic (exact) mass is 455 g/mol. The van der Waals surface area contributed by atoms with E-state index in [1.807, 2.05) is 78.9 Å². The van der Waals surface area contributed by atoms with Gasteiger partial charge in [-0.05, 0) is 67.6 Å². The first-order chi connectivity index (χ1) is 16.6. The van der Waals surface area contributed by atoms with E-state index in [1.165, 1.54) is 0 Å². The summed E-state index contributed by atoms with van der Waals surface area (Å²) in [7, 11) is 0. The molecule has 2 N–H and O–H groups in total. The van der Waals surface area contributed by atoms with E-state index in [9.17, 15) is 9.59 Å². The van der Waals surface area contributed by atoms with Crippen LogP contribution in [-0.2, 0) is 11.3 Å². The zero-order valence-electron chi connectivity index (χ0n) is 19.1. The Morgan fingerprint density at radius 1 is 0.853 bits per heavy atom. The molecule has 6 heteroatoms. The lowest BCUT2D eigenvalue weighted by atomic mass is 10.1. The molecule has 3 aromatic carbocycles. The third-order valence-corrected chi connectivity index (χ3v) is 6.02. The van der Waals surface area contributed by atoms with Crippen LogP contribution in [0, 0.1) is 0 Å². The van der Waals surface area contributed by atoms with Gasteiger partial charge in [-0.25, -0.2) is 0 Å². The second-order valence-electron chi connectivity index (χ2n) is 9.07. The molecule has 34 heavy (non-hydrogen) atoms. The highest BCUT2D eigenvalue weighted by Gasteiger charge is 2.30. The van der Waals surface area contributed by atoms with Gasteiger partial charge in [-0.15, -0.1) is 0 Å². The number of anilines is 1. The predicted molar refractivity (Wildman–Crippen MR) is 132 cm³/mol. The third-order valence-electron chi connectivity index (χ3n) is 6.02. The van der Waals surface area contributed by atoms with Crippen molar-refractivity contribution >= 4 is 17.5 Å². The van der Waals surface area contributed by atoms with Crippen LogP contribution < -0.4 is 15.4 Å². The SMILES string of the molecule is O=C(CN(Cc1ccc(C(=O)NC2CC2)cc1)C1CC1)Nc1cccc(Oc2ccccc2)c1. The molecule has 0 heterocycles. The van der Waals surface area contributed by atoms with E-state index in [1.54, 1.807) is 0 Å². The van der Waals surface area contributed by atoms with Gasteiger partial charge in [0.2, 0.25) is 5.91 Å².